The van der Waals surface area contributed by atoms with E-state index in [1.807, 2.05) is 80.6 Å². The largest absolute Gasteiger partial charge is 0.362 e. The SMILES string of the molecule is CC1=C(C(=O)Nc2ccccc2C)C(/C=C/c2ccccc2)C2=C(CCCC2=O)N1. The summed E-state index contributed by atoms with van der Waals surface area (Å²) in [6.45, 7) is 3.88. The molecule has 1 amide bonds. The average molecular weight is 399 g/mol. The second-order valence-electron chi connectivity index (χ2n) is 7.85. The number of amides is 1. The molecule has 4 rings (SSSR count). The first kappa shape index (κ1) is 19.9. The number of hydrogen-bond acceptors (Lipinski definition) is 3. The van der Waals surface area contributed by atoms with Gasteiger partial charge in [-0.25, -0.2) is 0 Å². The minimum absolute atomic E-state index is 0.125. The van der Waals surface area contributed by atoms with E-state index in [1.165, 1.54) is 0 Å². The van der Waals surface area contributed by atoms with E-state index >= 15 is 0 Å². The van der Waals surface area contributed by atoms with Crippen LogP contribution in [-0.4, -0.2) is 11.7 Å². The van der Waals surface area contributed by atoms with Crippen LogP contribution in [0.25, 0.3) is 6.08 Å². The zero-order chi connectivity index (χ0) is 21.1. The standard InChI is InChI=1S/C26H26N2O2/c1-17-9-6-7-12-21(17)28-26(30)24-18(2)27-22-13-8-14-23(29)25(22)20(24)16-15-19-10-4-3-5-11-19/h3-7,9-12,15-16,20,27H,8,13-14H2,1-2H3,(H,28,30)/b16-15+. The first-order valence-corrected chi connectivity index (χ1v) is 10.4. The van der Waals surface area contributed by atoms with Gasteiger partial charge in [0.15, 0.2) is 5.78 Å². The molecule has 30 heavy (non-hydrogen) atoms. The summed E-state index contributed by atoms with van der Waals surface area (Å²) in [5.41, 5.74) is 5.91. The number of anilines is 1. The van der Waals surface area contributed by atoms with Crippen LogP contribution in [-0.2, 0) is 9.59 Å². The zero-order valence-corrected chi connectivity index (χ0v) is 17.4. The Hall–Kier alpha value is -3.40. The highest BCUT2D eigenvalue weighted by atomic mass is 16.2. The maximum Gasteiger partial charge on any atom is 0.254 e. The highest BCUT2D eigenvalue weighted by Gasteiger charge is 2.36. The molecule has 2 N–H and O–H groups in total. The summed E-state index contributed by atoms with van der Waals surface area (Å²) >= 11 is 0. The van der Waals surface area contributed by atoms with Crippen LogP contribution in [0, 0.1) is 12.8 Å². The molecule has 0 fully saturated rings. The van der Waals surface area contributed by atoms with Crippen LogP contribution in [0.2, 0.25) is 0 Å². The van der Waals surface area contributed by atoms with Gasteiger partial charge in [0.05, 0.1) is 0 Å². The zero-order valence-electron chi connectivity index (χ0n) is 17.4. The molecule has 2 aromatic carbocycles. The van der Waals surface area contributed by atoms with Gasteiger partial charge in [0, 0.05) is 40.6 Å². The molecule has 0 bridgehead atoms. The number of hydrogen-bond donors (Lipinski definition) is 2. The number of para-hydroxylation sites is 1. The highest BCUT2D eigenvalue weighted by Crippen LogP contribution is 2.37. The predicted molar refractivity (Wildman–Crippen MR) is 120 cm³/mol. The van der Waals surface area contributed by atoms with Gasteiger partial charge >= 0.3 is 0 Å². The van der Waals surface area contributed by atoms with Gasteiger partial charge < -0.3 is 10.6 Å². The van der Waals surface area contributed by atoms with Crippen molar-refractivity contribution in [1.82, 2.24) is 5.32 Å². The lowest BCUT2D eigenvalue weighted by Crippen LogP contribution is -2.35. The Kier molecular flexibility index (Phi) is 5.66. The lowest BCUT2D eigenvalue weighted by Gasteiger charge is -2.33. The van der Waals surface area contributed by atoms with E-state index in [-0.39, 0.29) is 17.6 Å². The fourth-order valence-corrected chi connectivity index (χ4v) is 4.20. The van der Waals surface area contributed by atoms with Crippen molar-refractivity contribution in [2.75, 3.05) is 5.32 Å². The monoisotopic (exact) mass is 398 g/mol. The lowest BCUT2D eigenvalue weighted by atomic mass is 9.78. The first-order valence-electron chi connectivity index (χ1n) is 10.4. The van der Waals surface area contributed by atoms with Crippen molar-refractivity contribution in [2.45, 2.75) is 33.1 Å². The molecule has 0 aromatic heterocycles. The summed E-state index contributed by atoms with van der Waals surface area (Å²) in [7, 11) is 0. The number of carbonyl (C=O) groups is 2. The van der Waals surface area contributed by atoms with Crippen molar-refractivity contribution in [1.29, 1.82) is 0 Å². The van der Waals surface area contributed by atoms with E-state index in [4.69, 9.17) is 0 Å². The lowest BCUT2D eigenvalue weighted by molar-refractivity contribution is -0.116. The Balaban J connectivity index is 1.72. The third-order valence-corrected chi connectivity index (χ3v) is 5.74. The number of Topliss-reactive ketones (excluding diaryl/α,β-unsaturated/α-hetero) is 1. The Morgan fingerprint density at radius 3 is 2.53 bits per heavy atom. The summed E-state index contributed by atoms with van der Waals surface area (Å²) in [5, 5.41) is 6.40. The van der Waals surface area contributed by atoms with Crippen LogP contribution in [0.3, 0.4) is 0 Å². The first-order chi connectivity index (χ1) is 14.5. The van der Waals surface area contributed by atoms with Gasteiger partial charge in [-0.2, -0.15) is 0 Å². The van der Waals surface area contributed by atoms with Crippen molar-refractivity contribution in [3.8, 4) is 0 Å². The van der Waals surface area contributed by atoms with Crippen LogP contribution in [0.5, 0.6) is 0 Å². The van der Waals surface area contributed by atoms with E-state index in [0.29, 0.717) is 12.0 Å². The summed E-state index contributed by atoms with van der Waals surface area (Å²) < 4.78 is 0. The van der Waals surface area contributed by atoms with Crippen LogP contribution in [0.1, 0.15) is 37.3 Å². The van der Waals surface area contributed by atoms with Gasteiger partial charge in [-0.05, 0) is 43.9 Å². The van der Waals surface area contributed by atoms with Crippen molar-refractivity contribution in [3.63, 3.8) is 0 Å². The van der Waals surface area contributed by atoms with Gasteiger partial charge in [0.25, 0.3) is 5.91 Å². The number of rotatable bonds is 4. The Morgan fingerprint density at radius 2 is 1.77 bits per heavy atom. The highest BCUT2D eigenvalue weighted by molar-refractivity contribution is 6.09. The second-order valence-corrected chi connectivity index (χ2v) is 7.85. The molecule has 4 heteroatoms. The molecule has 152 valence electrons. The normalized spacial score (nSPS) is 19.0. The molecule has 0 saturated heterocycles. The van der Waals surface area contributed by atoms with Gasteiger partial charge in [-0.3, -0.25) is 9.59 Å². The molecule has 1 aliphatic carbocycles. The van der Waals surface area contributed by atoms with E-state index in [9.17, 15) is 9.59 Å². The van der Waals surface area contributed by atoms with E-state index < -0.39 is 0 Å². The summed E-state index contributed by atoms with van der Waals surface area (Å²) in [6, 6.07) is 17.7. The number of allylic oxidation sites excluding steroid dienone is 4. The third kappa shape index (κ3) is 3.99. The predicted octanol–water partition coefficient (Wildman–Crippen LogP) is 5.15. The average Bonchev–Trinajstić information content (AvgIpc) is 2.74. The quantitative estimate of drug-likeness (QED) is 0.749. The number of carbonyl (C=O) groups excluding carboxylic acids is 2. The molecular formula is C26H26N2O2. The van der Waals surface area contributed by atoms with Gasteiger partial charge in [-0.1, -0.05) is 60.7 Å². The van der Waals surface area contributed by atoms with Crippen molar-refractivity contribution >= 4 is 23.5 Å². The Labute approximate surface area is 177 Å². The molecular weight excluding hydrogens is 372 g/mol. The summed E-state index contributed by atoms with van der Waals surface area (Å²) in [5.74, 6) is -0.416. The van der Waals surface area contributed by atoms with E-state index in [2.05, 4.69) is 10.6 Å². The molecule has 1 aliphatic heterocycles. The summed E-state index contributed by atoms with van der Waals surface area (Å²) in [6.07, 6.45) is 6.20. The number of benzene rings is 2. The smallest absolute Gasteiger partial charge is 0.254 e. The molecule has 0 spiro atoms. The molecule has 2 aliphatic rings. The molecule has 1 unspecified atom stereocenters. The molecule has 1 atom stereocenters. The topological polar surface area (TPSA) is 58.2 Å². The molecule has 2 aromatic rings. The van der Waals surface area contributed by atoms with Gasteiger partial charge in [0.1, 0.15) is 0 Å². The van der Waals surface area contributed by atoms with Crippen LogP contribution in [0.15, 0.2) is 83.2 Å². The number of nitrogens with one attached hydrogen (secondary N) is 2. The maximum atomic E-state index is 13.4. The third-order valence-electron chi connectivity index (χ3n) is 5.74. The van der Waals surface area contributed by atoms with Crippen molar-refractivity contribution < 1.29 is 9.59 Å². The van der Waals surface area contributed by atoms with E-state index in [0.717, 1.165) is 46.6 Å². The number of ketones is 1. The van der Waals surface area contributed by atoms with Crippen LogP contribution < -0.4 is 10.6 Å². The van der Waals surface area contributed by atoms with Crippen molar-refractivity contribution in [2.24, 2.45) is 5.92 Å². The molecule has 4 nitrogen and oxygen atoms in total. The van der Waals surface area contributed by atoms with Gasteiger partial charge in [-0.15, -0.1) is 0 Å². The maximum absolute atomic E-state index is 13.4. The minimum Gasteiger partial charge on any atom is -0.362 e. The summed E-state index contributed by atoms with van der Waals surface area (Å²) in [4.78, 5) is 26.2. The minimum atomic E-state index is -0.363. The van der Waals surface area contributed by atoms with E-state index in [1.54, 1.807) is 0 Å². The Morgan fingerprint density at radius 1 is 1.03 bits per heavy atom. The molecule has 0 saturated carbocycles. The van der Waals surface area contributed by atoms with Crippen molar-refractivity contribution in [3.05, 3.63) is 94.3 Å². The molecule has 0 radical (unpaired) electrons. The van der Waals surface area contributed by atoms with Crippen LogP contribution in [0.4, 0.5) is 5.69 Å². The second kappa shape index (κ2) is 8.54. The Bertz CT molecular complexity index is 1080. The fourth-order valence-electron chi connectivity index (χ4n) is 4.20. The van der Waals surface area contributed by atoms with Gasteiger partial charge in [0.2, 0.25) is 0 Å². The molecule has 1 heterocycles. The number of dihydropyridines is 1. The fraction of sp³-hybridized carbons (Fsp3) is 0.231. The van der Waals surface area contributed by atoms with Crippen LogP contribution >= 0.6 is 0 Å². The number of aryl methyl sites for hydroxylation is 1.